The highest BCUT2D eigenvalue weighted by atomic mass is 16.3. The normalized spacial score (nSPS) is 13.7. The van der Waals surface area contributed by atoms with Crippen molar-refractivity contribution in [3.63, 3.8) is 0 Å². The van der Waals surface area contributed by atoms with Crippen molar-refractivity contribution in [3.8, 4) is 11.4 Å². The molecule has 0 fully saturated rings. The molecule has 0 saturated carbocycles. The molecule has 0 atom stereocenters. The monoisotopic (exact) mass is 361 g/mol. The van der Waals surface area contributed by atoms with Gasteiger partial charge in [-0.3, -0.25) is 4.79 Å². The van der Waals surface area contributed by atoms with Crippen LogP contribution in [0.25, 0.3) is 5.69 Å². The van der Waals surface area contributed by atoms with Gasteiger partial charge in [-0.2, -0.15) is 5.10 Å². The Kier molecular flexibility index (Phi) is 4.67. The lowest BCUT2D eigenvalue weighted by Crippen LogP contribution is -2.15. The zero-order valence-corrected chi connectivity index (χ0v) is 15.4. The van der Waals surface area contributed by atoms with Gasteiger partial charge in [-0.1, -0.05) is 30.7 Å². The molecule has 5 nitrogen and oxygen atoms in total. The van der Waals surface area contributed by atoms with E-state index in [0.29, 0.717) is 11.4 Å². The van der Waals surface area contributed by atoms with Gasteiger partial charge in [0.1, 0.15) is 5.75 Å². The van der Waals surface area contributed by atoms with Crippen LogP contribution in [0.4, 0.5) is 5.69 Å². The number of aryl methyl sites for hydroxylation is 1. The van der Waals surface area contributed by atoms with Crippen LogP contribution in [0.2, 0.25) is 0 Å². The van der Waals surface area contributed by atoms with Crippen molar-refractivity contribution in [1.29, 1.82) is 0 Å². The highest BCUT2D eigenvalue weighted by Gasteiger charge is 2.25. The highest BCUT2D eigenvalue weighted by molar-refractivity contribution is 6.05. The molecule has 1 aromatic heterocycles. The van der Waals surface area contributed by atoms with E-state index in [1.807, 2.05) is 41.9 Å². The summed E-state index contributed by atoms with van der Waals surface area (Å²) >= 11 is 0. The highest BCUT2D eigenvalue weighted by Crippen LogP contribution is 2.29. The van der Waals surface area contributed by atoms with E-state index in [2.05, 4.69) is 10.4 Å². The van der Waals surface area contributed by atoms with Gasteiger partial charge in [0.15, 0.2) is 5.69 Å². The third-order valence-corrected chi connectivity index (χ3v) is 5.05. The minimum atomic E-state index is -0.274. The molecule has 1 aliphatic carbocycles. The van der Waals surface area contributed by atoms with Gasteiger partial charge in [-0.15, -0.1) is 0 Å². The van der Waals surface area contributed by atoms with Crippen LogP contribution in [0, 0.1) is 6.92 Å². The van der Waals surface area contributed by atoms with Crippen LogP contribution in [0.3, 0.4) is 0 Å². The maximum absolute atomic E-state index is 13.0. The zero-order valence-electron chi connectivity index (χ0n) is 15.4. The van der Waals surface area contributed by atoms with E-state index in [-0.39, 0.29) is 11.7 Å². The lowest BCUT2D eigenvalue weighted by Gasteiger charge is -2.08. The molecular formula is C22H23N3O2. The first-order valence-corrected chi connectivity index (χ1v) is 9.40. The molecule has 5 heteroatoms. The molecule has 138 valence electrons. The number of hydrogen-bond acceptors (Lipinski definition) is 3. The topological polar surface area (TPSA) is 67.2 Å². The first-order valence-electron chi connectivity index (χ1n) is 9.40. The Bertz CT molecular complexity index is 977. The first-order chi connectivity index (χ1) is 13.1. The summed E-state index contributed by atoms with van der Waals surface area (Å²) in [6.45, 7) is 1.92. The van der Waals surface area contributed by atoms with E-state index in [1.54, 1.807) is 18.2 Å². The number of carbonyl (C=O) groups excluding carboxylic acids is 1. The maximum Gasteiger partial charge on any atom is 0.276 e. The number of fused-ring (bicyclic) bond motifs is 1. The Hall–Kier alpha value is -3.08. The fourth-order valence-electron chi connectivity index (χ4n) is 3.67. The molecule has 3 aromatic rings. The van der Waals surface area contributed by atoms with Crippen LogP contribution in [0.15, 0.2) is 48.5 Å². The first kappa shape index (κ1) is 17.3. The van der Waals surface area contributed by atoms with Crippen LogP contribution >= 0.6 is 0 Å². The second-order valence-electron chi connectivity index (χ2n) is 7.06. The van der Waals surface area contributed by atoms with E-state index >= 15 is 0 Å². The summed E-state index contributed by atoms with van der Waals surface area (Å²) in [5.74, 6) is -0.216. The number of phenols is 1. The van der Waals surface area contributed by atoms with Gasteiger partial charge in [0.05, 0.1) is 11.4 Å². The van der Waals surface area contributed by atoms with Gasteiger partial charge in [-0.25, -0.2) is 4.68 Å². The fraction of sp³-hybridized carbons (Fsp3) is 0.273. The van der Waals surface area contributed by atoms with E-state index in [4.69, 9.17) is 0 Å². The Morgan fingerprint density at radius 1 is 1.07 bits per heavy atom. The van der Waals surface area contributed by atoms with Gasteiger partial charge >= 0.3 is 0 Å². The maximum atomic E-state index is 13.0. The molecular weight excluding hydrogens is 338 g/mol. The van der Waals surface area contributed by atoms with Crippen LogP contribution < -0.4 is 5.32 Å². The zero-order chi connectivity index (χ0) is 18.8. The summed E-state index contributed by atoms with van der Waals surface area (Å²) in [5, 5.41) is 17.6. The average Bonchev–Trinajstić information content (AvgIpc) is 2.87. The number of aromatic hydroxyl groups is 1. The van der Waals surface area contributed by atoms with Crippen molar-refractivity contribution in [1.82, 2.24) is 9.78 Å². The molecule has 27 heavy (non-hydrogen) atoms. The number of hydrogen-bond donors (Lipinski definition) is 2. The Labute approximate surface area is 158 Å². The third-order valence-electron chi connectivity index (χ3n) is 5.05. The van der Waals surface area contributed by atoms with Crippen molar-refractivity contribution in [2.24, 2.45) is 0 Å². The predicted octanol–water partition coefficient (Wildman–Crippen LogP) is 4.41. The molecule has 0 bridgehead atoms. The Balaban J connectivity index is 1.75. The van der Waals surface area contributed by atoms with Crippen LogP contribution in [-0.4, -0.2) is 20.8 Å². The van der Waals surface area contributed by atoms with Gasteiger partial charge in [0.25, 0.3) is 5.91 Å². The fourth-order valence-corrected chi connectivity index (χ4v) is 3.67. The molecule has 0 spiro atoms. The Morgan fingerprint density at radius 3 is 2.67 bits per heavy atom. The molecule has 1 aliphatic rings. The van der Waals surface area contributed by atoms with E-state index in [9.17, 15) is 9.90 Å². The summed E-state index contributed by atoms with van der Waals surface area (Å²) in [6, 6.07) is 15.1. The predicted molar refractivity (Wildman–Crippen MR) is 106 cm³/mol. The average molecular weight is 361 g/mol. The number of para-hydroxylation sites is 1. The molecule has 2 aromatic carbocycles. The molecule has 0 unspecified atom stereocenters. The molecule has 1 amide bonds. The second-order valence-corrected chi connectivity index (χ2v) is 7.06. The lowest BCUT2D eigenvalue weighted by atomic mass is 10.1. The SMILES string of the molecule is Cc1ccc(O)c(NC(=O)c2nn(-c3ccccc3)c3c2CCCCC3)c1. The molecule has 0 aliphatic heterocycles. The number of amides is 1. The summed E-state index contributed by atoms with van der Waals surface area (Å²) < 4.78 is 1.91. The summed E-state index contributed by atoms with van der Waals surface area (Å²) in [4.78, 5) is 13.0. The smallest absolute Gasteiger partial charge is 0.276 e. The van der Waals surface area contributed by atoms with Crippen LogP contribution in [0.1, 0.15) is 46.6 Å². The van der Waals surface area contributed by atoms with E-state index in [1.165, 1.54) is 0 Å². The summed E-state index contributed by atoms with van der Waals surface area (Å²) in [6.07, 6.45) is 5.09. The minimum absolute atomic E-state index is 0.0579. The third kappa shape index (κ3) is 3.45. The number of nitrogens with one attached hydrogen (secondary N) is 1. The number of anilines is 1. The number of aromatic nitrogens is 2. The van der Waals surface area contributed by atoms with Gasteiger partial charge in [0, 0.05) is 11.3 Å². The molecule has 4 rings (SSSR count). The number of phenolic OH excluding ortho intramolecular Hbond substituents is 1. The van der Waals surface area contributed by atoms with Crippen molar-refractivity contribution in [2.75, 3.05) is 5.32 Å². The minimum Gasteiger partial charge on any atom is -0.506 e. The van der Waals surface area contributed by atoms with Gasteiger partial charge < -0.3 is 10.4 Å². The van der Waals surface area contributed by atoms with Gasteiger partial charge in [-0.05, 0) is 62.4 Å². The molecule has 0 radical (unpaired) electrons. The van der Waals surface area contributed by atoms with Crippen LogP contribution in [0.5, 0.6) is 5.75 Å². The summed E-state index contributed by atoms with van der Waals surface area (Å²) in [7, 11) is 0. The van der Waals surface area contributed by atoms with Crippen molar-refractivity contribution in [3.05, 3.63) is 71.0 Å². The summed E-state index contributed by atoms with van der Waals surface area (Å²) in [5.41, 5.74) is 4.96. The Morgan fingerprint density at radius 2 is 1.85 bits per heavy atom. The standard InChI is InChI=1S/C22H23N3O2/c1-15-12-13-20(26)18(14-15)23-22(27)21-17-10-6-3-7-11-19(17)25(24-21)16-8-4-2-5-9-16/h2,4-5,8-9,12-14,26H,3,6-7,10-11H2,1H3,(H,23,27). The quantitative estimate of drug-likeness (QED) is 0.536. The second kappa shape index (κ2) is 7.27. The molecule has 0 saturated heterocycles. The van der Waals surface area contributed by atoms with Gasteiger partial charge in [0.2, 0.25) is 0 Å². The van der Waals surface area contributed by atoms with Crippen LogP contribution in [-0.2, 0) is 12.8 Å². The largest absolute Gasteiger partial charge is 0.506 e. The number of benzene rings is 2. The van der Waals surface area contributed by atoms with Crippen molar-refractivity contribution >= 4 is 11.6 Å². The number of rotatable bonds is 3. The van der Waals surface area contributed by atoms with E-state index < -0.39 is 0 Å². The molecule has 1 heterocycles. The number of carbonyl (C=O) groups is 1. The van der Waals surface area contributed by atoms with Crippen molar-refractivity contribution < 1.29 is 9.90 Å². The lowest BCUT2D eigenvalue weighted by molar-refractivity contribution is 0.102. The van der Waals surface area contributed by atoms with E-state index in [0.717, 1.165) is 54.6 Å². The van der Waals surface area contributed by atoms with Crippen molar-refractivity contribution in [2.45, 2.75) is 39.0 Å². The molecule has 2 N–H and O–H groups in total. The number of nitrogens with zero attached hydrogens (tertiary/aromatic N) is 2.